The number of hydrogen-bond donors (Lipinski definition) is 1. The standard InChI is InChI=1S/C30H36N2O2/c1-5-23(3)31-30(34)24(4)32(21-27-19-13-12-14-22(27)2)29(33)20-28(25-15-8-6-9-16-25)26-17-10-7-11-18-26/h6-19,23-24,28H,5,20-21H2,1-4H3,(H,31,34)/t23-,24-/m0/s1. The normalized spacial score (nSPS) is 12.7. The van der Waals surface area contributed by atoms with Gasteiger partial charge in [0.2, 0.25) is 11.8 Å². The van der Waals surface area contributed by atoms with Gasteiger partial charge >= 0.3 is 0 Å². The lowest BCUT2D eigenvalue weighted by molar-refractivity contribution is -0.141. The van der Waals surface area contributed by atoms with Crippen LogP contribution in [0.15, 0.2) is 84.9 Å². The number of rotatable bonds is 10. The summed E-state index contributed by atoms with van der Waals surface area (Å²) in [7, 11) is 0. The predicted molar refractivity (Wildman–Crippen MR) is 138 cm³/mol. The second kappa shape index (κ2) is 12.2. The van der Waals surface area contributed by atoms with Gasteiger partial charge in [-0.25, -0.2) is 0 Å². The fourth-order valence-corrected chi connectivity index (χ4v) is 4.11. The number of carbonyl (C=O) groups is 2. The molecule has 0 aromatic heterocycles. The van der Waals surface area contributed by atoms with Crippen LogP contribution in [-0.4, -0.2) is 28.8 Å². The van der Waals surface area contributed by atoms with Gasteiger partial charge in [0.1, 0.15) is 6.04 Å². The van der Waals surface area contributed by atoms with Gasteiger partial charge in [-0.1, -0.05) is 91.9 Å². The largest absolute Gasteiger partial charge is 0.352 e. The number of amides is 2. The molecule has 3 aromatic rings. The van der Waals surface area contributed by atoms with Crippen LogP contribution < -0.4 is 5.32 Å². The molecular formula is C30H36N2O2. The molecule has 0 fully saturated rings. The van der Waals surface area contributed by atoms with Crippen molar-refractivity contribution < 1.29 is 9.59 Å². The van der Waals surface area contributed by atoms with Crippen LogP contribution in [0.25, 0.3) is 0 Å². The summed E-state index contributed by atoms with van der Waals surface area (Å²) in [6, 6.07) is 27.8. The summed E-state index contributed by atoms with van der Waals surface area (Å²) in [6.07, 6.45) is 1.13. The van der Waals surface area contributed by atoms with E-state index in [1.165, 1.54) is 0 Å². The topological polar surface area (TPSA) is 49.4 Å². The molecule has 0 unspecified atom stereocenters. The maximum Gasteiger partial charge on any atom is 0.242 e. The van der Waals surface area contributed by atoms with Gasteiger partial charge in [0.25, 0.3) is 0 Å². The summed E-state index contributed by atoms with van der Waals surface area (Å²) in [6.45, 7) is 8.29. The fourth-order valence-electron chi connectivity index (χ4n) is 4.11. The van der Waals surface area contributed by atoms with Crippen molar-refractivity contribution in [2.24, 2.45) is 0 Å². The average Bonchev–Trinajstić information content (AvgIpc) is 2.87. The molecule has 4 nitrogen and oxygen atoms in total. The summed E-state index contributed by atoms with van der Waals surface area (Å²) in [4.78, 5) is 28.7. The Bertz CT molecular complexity index is 1030. The van der Waals surface area contributed by atoms with E-state index in [1.54, 1.807) is 4.90 Å². The highest BCUT2D eigenvalue weighted by atomic mass is 16.2. The molecule has 2 atom stereocenters. The molecule has 0 aliphatic heterocycles. The zero-order valence-electron chi connectivity index (χ0n) is 20.7. The van der Waals surface area contributed by atoms with Crippen LogP contribution >= 0.6 is 0 Å². The molecule has 1 N–H and O–H groups in total. The molecule has 0 heterocycles. The van der Waals surface area contributed by atoms with Crippen LogP contribution in [0, 0.1) is 6.92 Å². The Labute approximate surface area is 204 Å². The minimum absolute atomic E-state index is 0.0345. The van der Waals surface area contributed by atoms with E-state index in [9.17, 15) is 9.59 Å². The quantitative estimate of drug-likeness (QED) is 0.416. The Morgan fingerprint density at radius 1 is 0.824 bits per heavy atom. The second-order valence-corrected chi connectivity index (χ2v) is 9.02. The number of hydrogen-bond acceptors (Lipinski definition) is 2. The van der Waals surface area contributed by atoms with E-state index in [4.69, 9.17) is 0 Å². The van der Waals surface area contributed by atoms with E-state index in [1.807, 2.05) is 88.4 Å². The third-order valence-corrected chi connectivity index (χ3v) is 6.55. The SMILES string of the molecule is CC[C@H](C)NC(=O)[C@H](C)N(Cc1ccccc1C)C(=O)CC(c1ccccc1)c1ccccc1. The minimum Gasteiger partial charge on any atom is -0.352 e. The molecule has 0 aliphatic rings. The fraction of sp³-hybridized carbons (Fsp3) is 0.333. The highest BCUT2D eigenvalue weighted by Crippen LogP contribution is 2.29. The molecule has 0 saturated carbocycles. The number of benzene rings is 3. The molecule has 4 heteroatoms. The van der Waals surface area contributed by atoms with Gasteiger partial charge in [0, 0.05) is 24.9 Å². The summed E-state index contributed by atoms with van der Waals surface area (Å²) >= 11 is 0. The molecule has 3 rings (SSSR count). The van der Waals surface area contributed by atoms with Gasteiger partial charge in [-0.3, -0.25) is 9.59 Å². The number of nitrogens with zero attached hydrogens (tertiary/aromatic N) is 1. The Hall–Kier alpha value is -3.40. The van der Waals surface area contributed by atoms with Crippen LogP contribution in [0.3, 0.4) is 0 Å². The minimum atomic E-state index is -0.576. The lowest BCUT2D eigenvalue weighted by atomic mass is 9.88. The Morgan fingerprint density at radius 3 is 1.88 bits per heavy atom. The van der Waals surface area contributed by atoms with Gasteiger partial charge in [-0.05, 0) is 49.4 Å². The first-order valence-corrected chi connectivity index (χ1v) is 12.1. The third kappa shape index (κ3) is 6.57. The summed E-state index contributed by atoms with van der Waals surface area (Å²) in [5.41, 5.74) is 4.34. The van der Waals surface area contributed by atoms with Crippen LogP contribution in [0.1, 0.15) is 61.8 Å². The van der Waals surface area contributed by atoms with Crippen LogP contribution in [0.5, 0.6) is 0 Å². The van der Waals surface area contributed by atoms with Gasteiger partial charge in [-0.15, -0.1) is 0 Å². The van der Waals surface area contributed by atoms with E-state index >= 15 is 0 Å². The molecular weight excluding hydrogens is 420 g/mol. The van der Waals surface area contributed by atoms with Crippen molar-refractivity contribution in [1.82, 2.24) is 10.2 Å². The summed E-state index contributed by atoms with van der Waals surface area (Å²) < 4.78 is 0. The van der Waals surface area contributed by atoms with E-state index in [0.29, 0.717) is 13.0 Å². The Morgan fingerprint density at radius 2 is 1.35 bits per heavy atom. The molecule has 178 valence electrons. The van der Waals surface area contributed by atoms with Crippen LogP contribution in [0.2, 0.25) is 0 Å². The Balaban J connectivity index is 1.92. The Kier molecular flexibility index (Phi) is 9.03. The zero-order chi connectivity index (χ0) is 24.5. The molecule has 2 amide bonds. The highest BCUT2D eigenvalue weighted by Gasteiger charge is 2.29. The molecule has 34 heavy (non-hydrogen) atoms. The van der Waals surface area contributed by atoms with E-state index in [2.05, 4.69) is 29.6 Å². The summed E-state index contributed by atoms with van der Waals surface area (Å²) in [5, 5.41) is 3.05. The first-order valence-electron chi connectivity index (χ1n) is 12.1. The zero-order valence-corrected chi connectivity index (χ0v) is 20.7. The maximum atomic E-state index is 13.9. The molecule has 0 aliphatic carbocycles. The average molecular weight is 457 g/mol. The first kappa shape index (κ1) is 25.2. The molecule has 0 radical (unpaired) electrons. The van der Waals surface area contributed by atoms with Crippen LogP contribution in [0.4, 0.5) is 0 Å². The highest BCUT2D eigenvalue weighted by molar-refractivity contribution is 5.88. The monoisotopic (exact) mass is 456 g/mol. The van der Waals surface area contributed by atoms with Crippen LogP contribution in [-0.2, 0) is 16.1 Å². The lowest BCUT2D eigenvalue weighted by Crippen LogP contribution is -2.49. The van der Waals surface area contributed by atoms with Crippen molar-refractivity contribution in [3.63, 3.8) is 0 Å². The predicted octanol–water partition coefficient (Wildman–Crippen LogP) is 5.85. The van der Waals surface area contributed by atoms with Crippen molar-refractivity contribution in [3.8, 4) is 0 Å². The number of aryl methyl sites for hydroxylation is 1. The van der Waals surface area contributed by atoms with E-state index in [0.717, 1.165) is 28.7 Å². The smallest absolute Gasteiger partial charge is 0.242 e. The van der Waals surface area contributed by atoms with Crippen molar-refractivity contribution in [2.75, 3.05) is 0 Å². The molecule has 3 aromatic carbocycles. The number of nitrogens with one attached hydrogen (secondary N) is 1. The second-order valence-electron chi connectivity index (χ2n) is 9.02. The van der Waals surface area contributed by atoms with Crippen molar-refractivity contribution in [2.45, 2.75) is 65.1 Å². The van der Waals surface area contributed by atoms with E-state index in [-0.39, 0.29) is 23.8 Å². The van der Waals surface area contributed by atoms with Gasteiger partial charge in [0.15, 0.2) is 0 Å². The van der Waals surface area contributed by atoms with E-state index < -0.39 is 6.04 Å². The van der Waals surface area contributed by atoms with Crippen molar-refractivity contribution in [3.05, 3.63) is 107 Å². The molecule has 0 spiro atoms. The molecule has 0 saturated heterocycles. The third-order valence-electron chi connectivity index (χ3n) is 6.55. The van der Waals surface area contributed by atoms with Gasteiger partial charge in [0.05, 0.1) is 0 Å². The van der Waals surface area contributed by atoms with Crippen molar-refractivity contribution in [1.29, 1.82) is 0 Å². The van der Waals surface area contributed by atoms with Crippen molar-refractivity contribution >= 4 is 11.8 Å². The maximum absolute atomic E-state index is 13.9. The van der Waals surface area contributed by atoms with Gasteiger partial charge in [-0.2, -0.15) is 0 Å². The lowest BCUT2D eigenvalue weighted by Gasteiger charge is -2.31. The summed E-state index contributed by atoms with van der Waals surface area (Å²) in [5.74, 6) is -0.237. The number of carbonyl (C=O) groups excluding carboxylic acids is 2. The first-order chi connectivity index (χ1) is 16.4. The van der Waals surface area contributed by atoms with Gasteiger partial charge < -0.3 is 10.2 Å². The molecule has 0 bridgehead atoms.